The van der Waals surface area contributed by atoms with Gasteiger partial charge in [-0.2, -0.15) is 0 Å². The van der Waals surface area contributed by atoms with Crippen molar-refractivity contribution in [2.24, 2.45) is 17.3 Å². The summed E-state index contributed by atoms with van der Waals surface area (Å²) in [6, 6.07) is 15.3. The van der Waals surface area contributed by atoms with Gasteiger partial charge >= 0.3 is 5.97 Å². The molecule has 1 aliphatic heterocycles. The van der Waals surface area contributed by atoms with Gasteiger partial charge in [-0.1, -0.05) is 43.3 Å². The Morgan fingerprint density at radius 3 is 2.47 bits per heavy atom. The van der Waals surface area contributed by atoms with E-state index in [0.717, 1.165) is 11.1 Å². The number of aliphatic hydroxyl groups is 1. The van der Waals surface area contributed by atoms with Gasteiger partial charge in [0.15, 0.2) is 11.5 Å². The molecule has 2 fully saturated rings. The number of carboxylic acids is 1. The zero-order valence-electron chi connectivity index (χ0n) is 21.4. The Bertz CT molecular complexity index is 1070. The monoisotopic (exact) mass is 495 g/mol. The van der Waals surface area contributed by atoms with Crippen molar-refractivity contribution in [3.63, 3.8) is 0 Å². The summed E-state index contributed by atoms with van der Waals surface area (Å²) in [4.78, 5) is 27.0. The molecule has 4 rings (SSSR count). The Hall–Kier alpha value is -3.06. The smallest absolute Gasteiger partial charge is 0.304 e. The lowest BCUT2D eigenvalue weighted by atomic mass is 9.72. The van der Waals surface area contributed by atoms with Crippen LogP contribution >= 0.6 is 0 Å². The first-order chi connectivity index (χ1) is 17.2. The largest absolute Gasteiger partial charge is 0.493 e. The summed E-state index contributed by atoms with van der Waals surface area (Å²) in [5.41, 5.74) is 1.30. The number of methoxy groups -OCH3 is 1. The molecule has 0 bridgehead atoms. The molecule has 1 heterocycles. The average molecular weight is 496 g/mol. The second kappa shape index (κ2) is 10.9. The number of carboxylic acid groups (broad SMARTS) is 1. The van der Waals surface area contributed by atoms with Gasteiger partial charge in [0.05, 0.1) is 32.2 Å². The standard InChI is InChI=1S/C29H37NO6/c1-19(31)29(2)18-30(28(34)23(15-27(32)33)13-20-7-5-4-6-8-20)16-24(29)22-11-12-25(35-3)26(14-22)36-17-21-9-10-21/h4-8,11-12,14,19,21,23-24,31H,9-10,13,15-18H2,1-3H3,(H,32,33)/t19-,23+,24+,29+/m1/s1. The number of ether oxygens (including phenoxy) is 2. The number of aliphatic hydroxyl groups excluding tert-OH is 1. The van der Waals surface area contributed by atoms with Gasteiger partial charge in [0.2, 0.25) is 5.91 Å². The van der Waals surface area contributed by atoms with Crippen LogP contribution in [0.15, 0.2) is 48.5 Å². The molecule has 7 heteroatoms. The van der Waals surface area contributed by atoms with Gasteiger partial charge in [0.1, 0.15) is 0 Å². The van der Waals surface area contributed by atoms with E-state index in [2.05, 4.69) is 0 Å². The number of likely N-dealkylation sites (tertiary alicyclic amines) is 1. The Labute approximate surface area is 213 Å². The highest BCUT2D eigenvalue weighted by atomic mass is 16.5. The molecule has 0 radical (unpaired) electrons. The van der Waals surface area contributed by atoms with Crippen LogP contribution in [0, 0.1) is 17.3 Å². The second-order valence-corrected chi connectivity index (χ2v) is 10.6. The number of carbonyl (C=O) groups excluding carboxylic acids is 1. The SMILES string of the molecule is COc1ccc([C@@H]2CN(C(=O)[C@H](CC(=O)O)Cc3ccccc3)C[C@@]2(C)[C@@H](C)O)cc1OCC1CC1. The minimum Gasteiger partial charge on any atom is -0.493 e. The third-order valence-corrected chi connectivity index (χ3v) is 7.85. The fourth-order valence-electron chi connectivity index (χ4n) is 5.22. The van der Waals surface area contributed by atoms with Crippen LogP contribution < -0.4 is 9.47 Å². The van der Waals surface area contributed by atoms with E-state index in [9.17, 15) is 19.8 Å². The van der Waals surface area contributed by atoms with Crippen LogP contribution in [0.4, 0.5) is 0 Å². The van der Waals surface area contributed by atoms with Gasteiger partial charge < -0.3 is 24.6 Å². The molecule has 4 atom stereocenters. The molecule has 36 heavy (non-hydrogen) atoms. The van der Waals surface area contributed by atoms with E-state index in [4.69, 9.17) is 9.47 Å². The van der Waals surface area contributed by atoms with Crippen LogP contribution in [0.1, 0.15) is 50.2 Å². The Balaban J connectivity index is 1.59. The topological polar surface area (TPSA) is 96.3 Å². The molecular weight excluding hydrogens is 458 g/mol. The molecule has 1 saturated heterocycles. The quantitative estimate of drug-likeness (QED) is 0.487. The number of nitrogens with zero attached hydrogens (tertiary/aromatic N) is 1. The van der Waals surface area contributed by atoms with Crippen molar-refractivity contribution in [2.45, 2.75) is 51.6 Å². The van der Waals surface area contributed by atoms with E-state index in [1.54, 1.807) is 18.9 Å². The molecule has 2 aromatic rings. The van der Waals surface area contributed by atoms with Gasteiger partial charge in [-0.3, -0.25) is 9.59 Å². The van der Waals surface area contributed by atoms with E-state index < -0.39 is 23.4 Å². The molecule has 194 valence electrons. The lowest BCUT2D eigenvalue weighted by molar-refractivity contribution is -0.144. The predicted octanol–water partition coefficient (Wildman–Crippen LogP) is 4.13. The normalized spacial score (nSPS) is 23.2. The fraction of sp³-hybridized carbons (Fsp3) is 0.517. The molecule has 0 unspecified atom stereocenters. The maximum atomic E-state index is 13.7. The van der Waals surface area contributed by atoms with Gasteiger partial charge in [-0.15, -0.1) is 0 Å². The van der Waals surface area contributed by atoms with Crippen LogP contribution in [0.2, 0.25) is 0 Å². The van der Waals surface area contributed by atoms with Crippen molar-refractivity contribution in [3.05, 3.63) is 59.7 Å². The minimum atomic E-state index is -0.995. The number of hydrogen-bond donors (Lipinski definition) is 2. The average Bonchev–Trinajstić information content (AvgIpc) is 3.62. The molecule has 2 aliphatic rings. The zero-order chi connectivity index (χ0) is 25.9. The maximum absolute atomic E-state index is 13.7. The van der Waals surface area contributed by atoms with Gasteiger partial charge in [-0.25, -0.2) is 0 Å². The Kier molecular flexibility index (Phi) is 7.88. The number of aliphatic carboxylic acids is 1. The molecular formula is C29H37NO6. The van der Waals surface area contributed by atoms with E-state index >= 15 is 0 Å². The molecule has 7 nitrogen and oxygen atoms in total. The van der Waals surface area contributed by atoms with Gasteiger partial charge in [0.25, 0.3) is 0 Å². The molecule has 0 spiro atoms. The third-order valence-electron chi connectivity index (χ3n) is 7.85. The first-order valence-corrected chi connectivity index (χ1v) is 12.7. The highest BCUT2D eigenvalue weighted by molar-refractivity contribution is 5.84. The minimum absolute atomic E-state index is 0.141. The number of hydrogen-bond acceptors (Lipinski definition) is 5. The van der Waals surface area contributed by atoms with Crippen molar-refractivity contribution < 1.29 is 29.3 Å². The first kappa shape index (κ1) is 26.0. The summed E-state index contributed by atoms with van der Waals surface area (Å²) >= 11 is 0. The number of rotatable bonds is 11. The molecule has 1 amide bonds. The highest BCUT2D eigenvalue weighted by Gasteiger charge is 2.49. The highest BCUT2D eigenvalue weighted by Crippen LogP contribution is 2.47. The lowest BCUT2D eigenvalue weighted by Crippen LogP contribution is -2.40. The summed E-state index contributed by atoms with van der Waals surface area (Å²) in [7, 11) is 1.62. The van der Waals surface area contributed by atoms with E-state index in [1.165, 1.54) is 12.8 Å². The van der Waals surface area contributed by atoms with Gasteiger partial charge in [-0.05, 0) is 55.4 Å². The number of amides is 1. The van der Waals surface area contributed by atoms with Crippen molar-refractivity contribution >= 4 is 11.9 Å². The second-order valence-electron chi connectivity index (χ2n) is 10.6. The van der Waals surface area contributed by atoms with Gasteiger partial charge in [0, 0.05) is 24.4 Å². The first-order valence-electron chi connectivity index (χ1n) is 12.7. The third kappa shape index (κ3) is 5.84. The summed E-state index contributed by atoms with van der Waals surface area (Å²) in [5, 5.41) is 20.3. The van der Waals surface area contributed by atoms with Crippen molar-refractivity contribution in [1.82, 2.24) is 4.90 Å². The Morgan fingerprint density at radius 1 is 1.14 bits per heavy atom. The van der Waals surface area contributed by atoms with Crippen LogP contribution in [-0.2, 0) is 16.0 Å². The molecule has 2 aromatic carbocycles. The van der Waals surface area contributed by atoms with Crippen LogP contribution in [0.5, 0.6) is 11.5 Å². The van der Waals surface area contributed by atoms with Crippen molar-refractivity contribution in [1.29, 1.82) is 0 Å². The Morgan fingerprint density at radius 2 is 1.86 bits per heavy atom. The van der Waals surface area contributed by atoms with Crippen LogP contribution in [0.3, 0.4) is 0 Å². The summed E-state index contributed by atoms with van der Waals surface area (Å²) < 4.78 is 11.6. The van der Waals surface area contributed by atoms with Crippen LogP contribution in [0.25, 0.3) is 0 Å². The van der Waals surface area contributed by atoms with E-state index in [-0.39, 0.29) is 18.2 Å². The van der Waals surface area contributed by atoms with Crippen molar-refractivity contribution in [2.75, 3.05) is 26.8 Å². The summed E-state index contributed by atoms with van der Waals surface area (Å²) in [6.45, 7) is 5.16. The number of carbonyl (C=O) groups is 2. The molecule has 1 aliphatic carbocycles. The van der Waals surface area contributed by atoms with E-state index in [1.807, 2.05) is 55.5 Å². The summed E-state index contributed by atoms with van der Waals surface area (Å²) in [5.74, 6) is -0.0642. The van der Waals surface area contributed by atoms with Crippen LogP contribution in [-0.4, -0.2) is 59.9 Å². The summed E-state index contributed by atoms with van der Waals surface area (Å²) in [6.07, 6.45) is 1.82. The maximum Gasteiger partial charge on any atom is 0.304 e. The van der Waals surface area contributed by atoms with Crippen molar-refractivity contribution in [3.8, 4) is 11.5 Å². The fourth-order valence-corrected chi connectivity index (χ4v) is 5.22. The van der Waals surface area contributed by atoms with E-state index in [0.29, 0.717) is 43.5 Å². The molecule has 2 N–H and O–H groups in total. The number of benzene rings is 2. The molecule has 0 aromatic heterocycles. The lowest BCUT2D eigenvalue weighted by Gasteiger charge is -2.34. The zero-order valence-corrected chi connectivity index (χ0v) is 21.4. The predicted molar refractivity (Wildman–Crippen MR) is 136 cm³/mol. The molecule has 1 saturated carbocycles.